The summed E-state index contributed by atoms with van der Waals surface area (Å²) in [4.78, 5) is 88.4. The van der Waals surface area contributed by atoms with Crippen molar-refractivity contribution in [2.24, 2.45) is 0 Å². The fraction of sp³-hybridized carbons (Fsp3) is 0.182. The molecule has 4 aromatic rings. The molecule has 0 heterocycles. The van der Waals surface area contributed by atoms with Crippen molar-refractivity contribution in [1.82, 2.24) is 0 Å². The highest BCUT2D eigenvalue weighted by Gasteiger charge is 2.16. The zero-order valence-electron chi connectivity index (χ0n) is 33.8. The number of carbonyl (C=O) groups excluding carboxylic acids is 4. The Morgan fingerprint density at radius 1 is 0.435 bits per heavy atom. The second-order valence-corrected chi connectivity index (χ2v) is 13.2. The van der Waals surface area contributed by atoms with E-state index < -0.39 is 47.8 Å². The average molecular weight is 987 g/mol. The third kappa shape index (κ3) is 16.6. The standard InChI is InChI=1S/C14H16O4.C12H13BrO4.C10H8O4.C8H5BrO4/c1-4-10-9-11(13(15)17-5-2)7-8-12(10)14(16)18-6-3;1-3-16-11(14)8-5-6-9(10(13)7-8)12(15)17-4-2;1-2-6-5-7(9(11)12)3-4-8(6)10(13)14;9-6-3-4(7(10)11)1-2-5(6)8(12)13/h4,7-9H,1,5-6H2,2-3H3;5-7H,3-4H2,1-2H3;2-5H,1H2,(H,11,12)(H,13,14);1-3H,(H,10,11)(H,12,13). The van der Waals surface area contributed by atoms with Gasteiger partial charge >= 0.3 is 47.8 Å². The van der Waals surface area contributed by atoms with Gasteiger partial charge in [0.15, 0.2) is 0 Å². The summed E-state index contributed by atoms with van der Waals surface area (Å²) in [5, 5.41) is 34.6. The lowest BCUT2D eigenvalue weighted by Crippen LogP contribution is -2.09. The van der Waals surface area contributed by atoms with Crippen molar-refractivity contribution in [2.45, 2.75) is 27.7 Å². The molecule has 0 atom stereocenters. The van der Waals surface area contributed by atoms with Gasteiger partial charge in [-0.3, -0.25) is 0 Å². The third-order valence-electron chi connectivity index (χ3n) is 7.45. The van der Waals surface area contributed by atoms with E-state index in [1.807, 2.05) is 0 Å². The van der Waals surface area contributed by atoms with Gasteiger partial charge in [0, 0.05) is 8.95 Å². The maximum absolute atomic E-state index is 11.6. The predicted molar refractivity (Wildman–Crippen MR) is 233 cm³/mol. The maximum Gasteiger partial charge on any atom is 0.339 e. The largest absolute Gasteiger partial charge is 0.478 e. The van der Waals surface area contributed by atoms with E-state index in [4.69, 9.17) is 39.4 Å². The van der Waals surface area contributed by atoms with Crippen LogP contribution in [-0.4, -0.2) is 94.6 Å². The molecular formula is C44H42Br2O16. The first-order valence-corrected chi connectivity index (χ1v) is 19.6. The van der Waals surface area contributed by atoms with Gasteiger partial charge in [-0.1, -0.05) is 25.3 Å². The predicted octanol–water partition coefficient (Wildman–Crippen LogP) is 9.06. The lowest BCUT2D eigenvalue weighted by Gasteiger charge is -2.08. The van der Waals surface area contributed by atoms with E-state index in [0.717, 1.165) is 0 Å². The van der Waals surface area contributed by atoms with Gasteiger partial charge in [0.05, 0.1) is 70.9 Å². The van der Waals surface area contributed by atoms with Crippen LogP contribution in [0.15, 0.2) is 94.9 Å². The van der Waals surface area contributed by atoms with Gasteiger partial charge in [0.1, 0.15) is 0 Å². The molecule has 0 saturated heterocycles. The highest BCUT2D eigenvalue weighted by molar-refractivity contribution is 9.10. The van der Waals surface area contributed by atoms with Crippen molar-refractivity contribution >= 4 is 91.8 Å². The number of benzene rings is 4. The molecule has 328 valence electrons. The molecular weight excluding hydrogens is 944 g/mol. The van der Waals surface area contributed by atoms with Crippen molar-refractivity contribution in [3.63, 3.8) is 0 Å². The van der Waals surface area contributed by atoms with Gasteiger partial charge in [-0.15, -0.1) is 0 Å². The molecule has 16 nitrogen and oxygen atoms in total. The smallest absolute Gasteiger partial charge is 0.339 e. The second-order valence-electron chi connectivity index (χ2n) is 11.5. The second kappa shape index (κ2) is 27.0. The zero-order valence-corrected chi connectivity index (χ0v) is 36.9. The summed E-state index contributed by atoms with van der Waals surface area (Å²) in [6.45, 7) is 15.2. The van der Waals surface area contributed by atoms with Crippen LogP contribution >= 0.6 is 31.9 Å². The molecule has 4 aromatic carbocycles. The molecule has 18 heteroatoms. The van der Waals surface area contributed by atoms with Gasteiger partial charge in [0.25, 0.3) is 0 Å². The number of halogens is 2. The van der Waals surface area contributed by atoms with E-state index in [1.165, 1.54) is 66.7 Å². The molecule has 0 unspecified atom stereocenters. The van der Waals surface area contributed by atoms with Gasteiger partial charge < -0.3 is 39.4 Å². The first-order valence-electron chi connectivity index (χ1n) is 18.1. The molecule has 4 rings (SSSR count). The molecule has 0 aliphatic carbocycles. The lowest BCUT2D eigenvalue weighted by atomic mass is 10.0. The van der Waals surface area contributed by atoms with E-state index in [0.29, 0.717) is 64.3 Å². The number of rotatable bonds is 14. The van der Waals surface area contributed by atoms with Crippen LogP contribution in [0.1, 0.15) is 122 Å². The third-order valence-corrected chi connectivity index (χ3v) is 8.76. The quantitative estimate of drug-likeness (QED) is 0.0679. The van der Waals surface area contributed by atoms with Gasteiger partial charge in [-0.25, -0.2) is 38.4 Å². The summed E-state index contributed by atoms with van der Waals surface area (Å²) in [7, 11) is 0. The molecule has 0 bridgehead atoms. The Hall–Kier alpha value is -6.92. The Labute approximate surface area is 372 Å². The van der Waals surface area contributed by atoms with Crippen LogP contribution in [0.25, 0.3) is 12.2 Å². The van der Waals surface area contributed by atoms with Crippen molar-refractivity contribution in [3.05, 3.63) is 151 Å². The van der Waals surface area contributed by atoms with Gasteiger partial charge in [-0.05, 0) is 143 Å². The Morgan fingerprint density at radius 2 is 0.742 bits per heavy atom. The van der Waals surface area contributed by atoms with E-state index in [-0.39, 0.29) is 26.7 Å². The van der Waals surface area contributed by atoms with Gasteiger partial charge in [-0.2, -0.15) is 0 Å². The summed E-state index contributed by atoms with van der Waals surface area (Å²) < 4.78 is 20.3. The Kier molecular flexibility index (Phi) is 23.1. The van der Waals surface area contributed by atoms with Crippen LogP contribution in [0.2, 0.25) is 0 Å². The first-order chi connectivity index (χ1) is 29.3. The van der Waals surface area contributed by atoms with Crippen LogP contribution in [0, 0.1) is 0 Å². The monoisotopic (exact) mass is 984 g/mol. The molecule has 0 aliphatic heterocycles. The molecule has 0 saturated carbocycles. The SMILES string of the molecule is C=Cc1cc(C(=O)O)ccc1C(=O)O.C=Cc1cc(C(=O)OCC)ccc1C(=O)OCC.CCOC(=O)c1ccc(C(=O)OCC)c(Br)c1.O=C(O)c1ccc(C(=O)O)c(Br)c1. The number of carboxylic acid groups (broad SMARTS) is 4. The Balaban J connectivity index is 0.000000417. The molecule has 62 heavy (non-hydrogen) atoms. The maximum atomic E-state index is 11.6. The first kappa shape index (κ1) is 53.1. The van der Waals surface area contributed by atoms with Crippen molar-refractivity contribution < 1.29 is 77.7 Å². The highest BCUT2D eigenvalue weighted by Crippen LogP contribution is 2.21. The minimum Gasteiger partial charge on any atom is -0.478 e. The number of hydrogen-bond donors (Lipinski definition) is 4. The summed E-state index contributed by atoms with van der Waals surface area (Å²) >= 11 is 6.20. The zero-order chi connectivity index (χ0) is 47.1. The highest BCUT2D eigenvalue weighted by atomic mass is 79.9. The van der Waals surface area contributed by atoms with Crippen molar-refractivity contribution in [2.75, 3.05) is 26.4 Å². The van der Waals surface area contributed by atoms with Crippen LogP contribution in [0.3, 0.4) is 0 Å². The van der Waals surface area contributed by atoms with Crippen LogP contribution < -0.4 is 0 Å². The fourth-order valence-electron chi connectivity index (χ4n) is 4.58. The summed E-state index contributed by atoms with van der Waals surface area (Å²) in [5.41, 5.74) is 2.61. The fourth-order valence-corrected chi connectivity index (χ4v) is 5.67. The van der Waals surface area contributed by atoms with E-state index in [9.17, 15) is 38.4 Å². The molecule has 0 radical (unpaired) electrons. The number of aromatic carboxylic acids is 4. The van der Waals surface area contributed by atoms with Crippen LogP contribution in [0.4, 0.5) is 0 Å². The summed E-state index contributed by atoms with van der Waals surface area (Å²) in [5.74, 6) is -6.06. The van der Waals surface area contributed by atoms with Gasteiger partial charge in [0.2, 0.25) is 0 Å². The normalized spacial score (nSPS) is 9.65. The summed E-state index contributed by atoms with van der Waals surface area (Å²) in [6.07, 6.45) is 2.82. The number of hydrogen-bond acceptors (Lipinski definition) is 12. The Bertz CT molecular complexity index is 2320. The topological polar surface area (TPSA) is 254 Å². The average Bonchev–Trinajstić information content (AvgIpc) is 3.23. The lowest BCUT2D eigenvalue weighted by molar-refractivity contribution is 0.0510. The van der Waals surface area contributed by atoms with E-state index >= 15 is 0 Å². The molecule has 0 spiro atoms. The number of carbonyl (C=O) groups is 8. The number of carboxylic acids is 4. The minimum absolute atomic E-state index is 0.0462. The molecule has 0 fully saturated rings. The van der Waals surface area contributed by atoms with Crippen molar-refractivity contribution in [3.8, 4) is 0 Å². The Morgan fingerprint density at radius 3 is 1.15 bits per heavy atom. The molecule has 4 N–H and O–H groups in total. The number of esters is 4. The summed E-state index contributed by atoms with van der Waals surface area (Å²) in [6, 6.07) is 16.8. The molecule has 0 amide bonds. The van der Waals surface area contributed by atoms with Crippen LogP contribution in [-0.2, 0) is 18.9 Å². The number of ether oxygens (including phenoxy) is 4. The van der Waals surface area contributed by atoms with E-state index in [1.54, 1.807) is 45.9 Å². The van der Waals surface area contributed by atoms with Crippen LogP contribution in [0.5, 0.6) is 0 Å². The van der Waals surface area contributed by atoms with E-state index in [2.05, 4.69) is 45.0 Å². The minimum atomic E-state index is -1.10. The molecule has 0 aliphatic rings. The molecule has 0 aromatic heterocycles. The van der Waals surface area contributed by atoms with Crippen molar-refractivity contribution in [1.29, 1.82) is 0 Å².